The summed E-state index contributed by atoms with van der Waals surface area (Å²) in [5, 5.41) is 10.9. The molecule has 1 rings (SSSR count). The van der Waals surface area contributed by atoms with Crippen LogP contribution in [0.1, 0.15) is 5.56 Å². The molecule has 0 heterocycles. The summed E-state index contributed by atoms with van der Waals surface area (Å²) in [6.45, 7) is 3.48. The zero-order valence-electron chi connectivity index (χ0n) is 8.25. The van der Waals surface area contributed by atoms with Crippen LogP contribution in [0.3, 0.4) is 0 Å². The Morgan fingerprint density at radius 1 is 1.53 bits per heavy atom. The number of nitrogens with zero attached hydrogens (tertiary/aromatic N) is 1. The number of ether oxygens (including phenoxy) is 1. The molecule has 0 amide bonds. The van der Waals surface area contributed by atoms with Crippen LogP contribution in [0.5, 0.6) is 0 Å². The monoisotopic (exact) mass is 225 g/mol. The Labute approximate surface area is 92.1 Å². The molecule has 5 heteroatoms. The minimum atomic E-state index is -1.59. The summed E-state index contributed by atoms with van der Waals surface area (Å²) in [5.74, 6) is 0. The van der Waals surface area contributed by atoms with E-state index in [-0.39, 0.29) is 0 Å². The third-order valence-corrected chi connectivity index (χ3v) is 2.94. The summed E-state index contributed by atoms with van der Waals surface area (Å²) in [6, 6.07) is 8.57. The molecule has 0 radical (unpaired) electrons. The summed E-state index contributed by atoms with van der Waals surface area (Å²) in [4.78, 5) is 10.6. The smallest absolute Gasteiger partial charge is 0.305 e. The van der Waals surface area contributed by atoms with Gasteiger partial charge in [0, 0.05) is 7.11 Å². The molecule has 0 aliphatic carbocycles. The summed E-state index contributed by atoms with van der Waals surface area (Å²) < 4.78 is 5.02. The molecule has 0 aromatic heterocycles. The van der Waals surface area contributed by atoms with E-state index in [9.17, 15) is 10.1 Å². The molecule has 0 aliphatic heterocycles. The fourth-order valence-corrected chi connectivity index (χ4v) is 1.90. The maximum absolute atomic E-state index is 11.1. The minimum Gasteiger partial charge on any atom is -0.305 e. The van der Waals surface area contributed by atoms with Crippen molar-refractivity contribution in [3.63, 3.8) is 0 Å². The van der Waals surface area contributed by atoms with Crippen molar-refractivity contribution < 1.29 is 9.66 Å². The van der Waals surface area contributed by atoms with Gasteiger partial charge in [-0.3, -0.25) is 10.1 Å². The summed E-state index contributed by atoms with van der Waals surface area (Å²) in [5.41, 5.74) is 0.488. The molecule has 80 valence electrons. The van der Waals surface area contributed by atoms with E-state index < -0.39 is 9.98 Å². The van der Waals surface area contributed by atoms with Crippen LogP contribution in [-0.2, 0) is 9.79 Å². The Hall–Kier alpha value is -1.33. The molecule has 1 atom stereocenters. The number of rotatable bonds is 5. The van der Waals surface area contributed by atoms with Gasteiger partial charge in [-0.2, -0.15) is 0 Å². The van der Waals surface area contributed by atoms with Gasteiger partial charge in [0.25, 0.3) is 0 Å². The van der Waals surface area contributed by atoms with Crippen LogP contribution in [0, 0.1) is 10.1 Å². The Balaban J connectivity index is 3.21. The highest BCUT2D eigenvalue weighted by molar-refractivity contribution is 8.02. The quantitative estimate of drug-likeness (QED) is 0.439. The van der Waals surface area contributed by atoms with Crippen LogP contribution < -0.4 is 0 Å². The van der Waals surface area contributed by atoms with Crippen LogP contribution in [-0.4, -0.2) is 12.0 Å². The van der Waals surface area contributed by atoms with Gasteiger partial charge in [-0.05, 0) is 29.3 Å². The van der Waals surface area contributed by atoms with E-state index in [1.165, 1.54) is 12.5 Å². The molecule has 1 aromatic rings. The molecule has 1 unspecified atom stereocenters. The maximum atomic E-state index is 11.1. The number of benzene rings is 1. The van der Waals surface area contributed by atoms with Crippen molar-refractivity contribution in [1.29, 1.82) is 0 Å². The van der Waals surface area contributed by atoms with Crippen LogP contribution in [0.2, 0.25) is 0 Å². The van der Waals surface area contributed by atoms with E-state index >= 15 is 0 Å². The minimum absolute atomic E-state index is 0.464. The van der Waals surface area contributed by atoms with Crippen molar-refractivity contribution in [3.05, 3.63) is 58.0 Å². The van der Waals surface area contributed by atoms with Gasteiger partial charge in [-0.1, -0.05) is 24.8 Å². The number of methoxy groups -OCH3 is 1. The highest BCUT2D eigenvalue weighted by atomic mass is 32.2. The third-order valence-electron chi connectivity index (χ3n) is 1.90. The van der Waals surface area contributed by atoms with Crippen molar-refractivity contribution in [3.8, 4) is 0 Å². The van der Waals surface area contributed by atoms with E-state index in [4.69, 9.17) is 4.74 Å². The highest BCUT2D eigenvalue weighted by Crippen LogP contribution is 2.38. The van der Waals surface area contributed by atoms with E-state index in [1.807, 2.05) is 0 Å². The van der Waals surface area contributed by atoms with Crippen molar-refractivity contribution in [2.24, 2.45) is 0 Å². The lowest BCUT2D eigenvalue weighted by Gasteiger charge is -2.21. The van der Waals surface area contributed by atoms with Crippen molar-refractivity contribution in [2.45, 2.75) is 5.06 Å². The largest absolute Gasteiger partial charge is 0.404 e. The van der Waals surface area contributed by atoms with E-state index in [0.29, 0.717) is 5.56 Å². The van der Waals surface area contributed by atoms with Gasteiger partial charge in [0.2, 0.25) is 0 Å². The fourth-order valence-electron chi connectivity index (χ4n) is 1.22. The van der Waals surface area contributed by atoms with E-state index in [1.54, 1.807) is 30.3 Å². The molecule has 0 fully saturated rings. The molecule has 0 aliphatic rings. The Morgan fingerprint density at radius 3 is 2.53 bits per heavy atom. The Kier molecular flexibility index (Phi) is 3.88. The van der Waals surface area contributed by atoms with Gasteiger partial charge < -0.3 is 4.74 Å². The topological polar surface area (TPSA) is 52.4 Å². The number of thioether (sulfide) groups is 1. The number of hydrogen-bond donors (Lipinski definition) is 0. The van der Waals surface area contributed by atoms with Gasteiger partial charge in [0.1, 0.15) is 0 Å². The molecule has 0 saturated heterocycles. The zero-order chi connectivity index (χ0) is 11.3. The summed E-state index contributed by atoms with van der Waals surface area (Å²) >= 11 is 0.928. The van der Waals surface area contributed by atoms with Crippen molar-refractivity contribution >= 4 is 11.8 Å². The average molecular weight is 225 g/mol. The van der Waals surface area contributed by atoms with E-state index in [0.717, 1.165) is 11.8 Å². The highest BCUT2D eigenvalue weighted by Gasteiger charge is 2.45. The lowest BCUT2D eigenvalue weighted by molar-refractivity contribution is -0.601. The molecular formula is C10H11NO3S. The van der Waals surface area contributed by atoms with Crippen molar-refractivity contribution in [1.82, 2.24) is 0 Å². The summed E-state index contributed by atoms with van der Waals surface area (Å²) in [7, 11) is 1.31. The lowest BCUT2D eigenvalue weighted by atomic mass is 10.2. The zero-order valence-corrected chi connectivity index (χ0v) is 9.07. The SMILES string of the molecule is C=CSC(OC)(c1ccccc1)[N+](=O)[O-]. The first-order valence-electron chi connectivity index (χ1n) is 4.21. The third kappa shape index (κ3) is 2.19. The first kappa shape index (κ1) is 11.7. The molecular weight excluding hydrogens is 214 g/mol. The molecule has 0 saturated carbocycles. The van der Waals surface area contributed by atoms with Gasteiger partial charge >= 0.3 is 5.06 Å². The fraction of sp³-hybridized carbons (Fsp3) is 0.200. The standard InChI is InChI=1S/C10H11NO3S/c1-3-15-10(14-2,11(12)13)9-7-5-4-6-8-9/h3-8H,1H2,2H3. The predicted octanol–water partition coefficient (Wildman–Crippen LogP) is 2.60. The molecule has 4 nitrogen and oxygen atoms in total. The number of hydrogen-bond acceptors (Lipinski definition) is 4. The molecule has 15 heavy (non-hydrogen) atoms. The van der Waals surface area contributed by atoms with Gasteiger partial charge in [-0.15, -0.1) is 0 Å². The second-order valence-corrected chi connectivity index (χ2v) is 3.82. The normalized spacial score (nSPS) is 14.2. The first-order valence-corrected chi connectivity index (χ1v) is 5.09. The number of nitro groups is 1. The van der Waals surface area contributed by atoms with Gasteiger partial charge in [0.05, 0.1) is 10.5 Å². The second kappa shape index (κ2) is 4.95. The summed E-state index contributed by atoms with van der Waals surface area (Å²) in [6.07, 6.45) is 0. The Bertz CT molecular complexity index is 355. The van der Waals surface area contributed by atoms with E-state index in [2.05, 4.69) is 6.58 Å². The second-order valence-electron chi connectivity index (χ2n) is 2.69. The maximum Gasteiger partial charge on any atom is 0.404 e. The van der Waals surface area contributed by atoms with Crippen LogP contribution in [0.4, 0.5) is 0 Å². The Morgan fingerprint density at radius 2 is 2.13 bits per heavy atom. The predicted molar refractivity (Wildman–Crippen MR) is 59.9 cm³/mol. The van der Waals surface area contributed by atoms with Crippen LogP contribution >= 0.6 is 11.8 Å². The van der Waals surface area contributed by atoms with Crippen LogP contribution in [0.25, 0.3) is 0 Å². The van der Waals surface area contributed by atoms with Crippen LogP contribution in [0.15, 0.2) is 42.3 Å². The first-order chi connectivity index (χ1) is 7.17. The molecule has 0 N–H and O–H groups in total. The van der Waals surface area contributed by atoms with Gasteiger partial charge in [0.15, 0.2) is 0 Å². The van der Waals surface area contributed by atoms with Gasteiger partial charge in [-0.25, -0.2) is 0 Å². The molecule has 0 bridgehead atoms. The lowest BCUT2D eigenvalue weighted by Crippen LogP contribution is -2.33. The molecule has 0 spiro atoms. The average Bonchev–Trinajstić information content (AvgIpc) is 2.26. The van der Waals surface area contributed by atoms with Crippen molar-refractivity contribution in [2.75, 3.05) is 7.11 Å². The molecule has 1 aromatic carbocycles.